The molecule has 0 aliphatic rings. The molecule has 0 radical (unpaired) electrons. The third kappa shape index (κ3) is 3.61. The van der Waals surface area contributed by atoms with Crippen molar-refractivity contribution in [3.05, 3.63) is 22.6 Å². The zero-order valence-electron chi connectivity index (χ0n) is 8.74. The van der Waals surface area contributed by atoms with Gasteiger partial charge in [-0.15, -0.1) is 0 Å². The molecule has 1 aromatic heterocycles. The van der Waals surface area contributed by atoms with Crippen LogP contribution in [0, 0.1) is 0 Å². The van der Waals surface area contributed by atoms with E-state index in [9.17, 15) is 4.79 Å². The summed E-state index contributed by atoms with van der Waals surface area (Å²) in [5.41, 5.74) is 4.84. The maximum atomic E-state index is 11.5. The lowest BCUT2D eigenvalue weighted by Gasteiger charge is -2.09. The van der Waals surface area contributed by atoms with Gasteiger partial charge >= 0.3 is 0 Å². The van der Waals surface area contributed by atoms with Gasteiger partial charge in [0.15, 0.2) is 0 Å². The van der Waals surface area contributed by atoms with E-state index in [1.807, 2.05) is 0 Å². The first-order chi connectivity index (χ1) is 7.67. The standard InChI is InChI=1S/C9H15N3O4/c10-1-2-16-8-3-9(15)12(11-4-8)5-7(14)6-13/h3-4,7,13-14H,1-2,5-6,10H2. The molecular weight excluding hydrogens is 214 g/mol. The summed E-state index contributed by atoms with van der Waals surface area (Å²) >= 11 is 0. The SMILES string of the molecule is NCCOc1cnn(CC(O)CO)c(=O)c1. The second kappa shape index (κ2) is 6.21. The molecule has 1 rings (SSSR count). The van der Waals surface area contributed by atoms with Gasteiger partial charge in [0.2, 0.25) is 0 Å². The molecule has 0 spiro atoms. The van der Waals surface area contributed by atoms with Gasteiger partial charge in [-0.25, -0.2) is 4.68 Å². The molecule has 1 heterocycles. The molecule has 7 heteroatoms. The van der Waals surface area contributed by atoms with Crippen LogP contribution in [0.5, 0.6) is 5.75 Å². The van der Waals surface area contributed by atoms with E-state index in [2.05, 4.69) is 5.10 Å². The minimum atomic E-state index is -0.999. The fourth-order valence-corrected chi connectivity index (χ4v) is 1.07. The topological polar surface area (TPSA) is 111 Å². The van der Waals surface area contributed by atoms with Crippen LogP contribution in [0.15, 0.2) is 17.1 Å². The van der Waals surface area contributed by atoms with Crippen molar-refractivity contribution in [2.45, 2.75) is 12.6 Å². The van der Waals surface area contributed by atoms with Crippen LogP contribution < -0.4 is 16.0 Å². The Hall–Kier alpha value is -1.44. The molecule has 0 saturated carbocycles. The van der Waals surface area contributed by atoms with Gasteiger partial charge in [-0.2, -0.15) is 5.10 Å². The second-order valence-electron chi connectivity index (χ2n) is 3.19. The van der Waals surface area contributed by atoms with E-state index >= 15 is 0 Å². The van der Waals surface area contributed by atoms with Gasteiger partial charge in [0.05, 0.1) is 25.5 Å². The summed E-state index contributed by atoms with van der Waals surface area (Å²) in [7, 11) is 0. The normalized spacial score (nSPS) is 12.4. The fourth-order valence-electron chi connectivity index (χ4n) is 1.07. The molecule has 0 fully saturated rings. The Morgan fingerprint density at radius 3 is 2.94 bits per heavy atom. The van der Waals surface area contributed by atoms with E-state index in [4.69, 9.17) is 20.7 Å². The van der Waals surface area contributed by atoms with Gasteiger partial charge in [-0.1, -0.05) is 0 Å². The van der Waals surface area contributed by atoms with Crippen molar-refractivity contribution < 1.29 is 14.9 Å². The minimum absolute atomic E-state index is 0.0491. The molecule has 0 aliphatic carbocycles. The molecule has 0 bridgehead atoms. The van der Waals surface area contributed by atoms with Crippen LogP contribution in [0.2, 0.25) is 0 Å². The number of aromatic nitrogens is 2. The van der Waals surface area contributed by atoms with E-state index in [-0.39, 0.29) is 6.54 Å². The first-order valence-corrected chi connectivity index (χ1v) is 4.86. The Labute approximate surface area is 92.1 Å². The molecule has 0 aliphatic heterocycles. The molecular formula is C9H15N3O4. The number of hydrogen-bond donors (Lipinski definition) is 3. The van der Waals surface area contributed by atoms with E-state index in [1.165, 1.54) is 12.3 Å². The first kappa shape index (κ1) is 12.6. The predicted octanol–water partition coefficient (Wildman–Crippen LogP) is -2.07. The summed E-state index contributed by atoms with van der Waals surface area (Å²) in [6.45, 7) is 0.197. The fraction of sp³-hybridized carbons (Fsp3) is 0.556. The quantitative estimate of drug-likeness (QED) is 0.517. The van der Waals surface area contributed by atoms with E-state index in [0.717, 1.165) is 4.68 Å². The number of rotatable bonds is 6. The Bertz CT molecular complexity index is 379. The molecule has 16 heavy (non-hydrogen) atoms. The maximum absolute atomic E-state index is 11.5. The van der Waals surface area contributed by atoms with E-state index in [0.29, 0.717) is 18.9 Å². The van der Waals surface area contributed by atoms with Crippen LogP contribution in [0.3, 0.4) is 0 Å². The molecule has 7 nitrogen and oxygen atoms in total. The lowest BCUT2D eigenvalue weighted by atomic mass is 10.4. The minimum Gasteiger partial charge on any atom is -0.490 e. The van der Waals surface area contributed by atoms with E-state index < -0.39 is 18.3 Å². The zero-order chi connectivity index (χ0) is 12.0. The summed E-state index contributed by atoms with van der Waals surface area (Å²) in [6.07, 6.45) is 0.363. The second-order valence-corrected chi connectivity index (χ2v) is 3.19. The first-order valence-electron chi connectivity index (χ1n) is 4.86. The summed E-state index contributed by atoms with van der Waals surface area (Å²) < 4.78 is 6.16. The van der Waals surface area contributed by atoms with Crippen molar-refractivity contribution in [2.24, 2.45) is 5.73 Å². The Kier molecular flexibility index (Phi) is 4.90. The van der Waals surface area contributed by atoms with Crippen LogP contribution in [0.25, 0.3) is 0 Å². The van der Waals surface area contributed by atoms with Crippen molar-refractivity contribution >= 4 is 0 Å². The average molecular weight is 229 g/mol. The van der Waals surface area contributed by atoms with Crippen molar-refractivity contribution in [3.63, 3.8) is 0 Å². The molecule has 0 aromatic carbocycles. The number of hydrogen-bond acceptors (Lipinski definition) is 6. The Morgan fingerprint density at radius 1 is 1.62 bits per heavy atom. The Balaban J connectivity index is 2.71. The summed E-state index contributed by atoms with van der Waals surface area (Å²) in [5, 5.41) is 21.6. The lowest BCUT2D eigenvalue weighted by molar-refractivity contribution is 0.0768. The largest absolute Gasteiger partial charge is 0.490 e. The lowest BCUT2D eigenvalue weighted by Crippen LogP contribution is -2.30. The van der Waals surface area contributed by atoms with Crippen LogP contribution in [-0.4, -0.2) is 45.9 Å². The van der Waals surface area contributed by atoms with Crippen molar-refractivity contribution in [2.75, 3.05) is 19.8 Å². The highest BCUT2D eigenvalue weighted by Gasteiger charge is 2.06. The number of aliphatic hydroxyl groups excluding tert-OH is 2. The van der Waals surface area contributed by atoms with Gasteiger partial charge in [0.1, 0.15) is 12.4 Å². The van der Waals surface area contributed by atoms with E-state index in [1.54, 1.807) is 0 Å². The number of ether oxygens (including phenoxy) is 1. The highest BCUT2D eigenvalue weighted by atomic mass is 16.5. The van der Waals surface area contributed by atoms with Crippen LogP contribution >= 0.6 is 0 Å². The van der Waals surface area contributed by atoms with Crippen molar-refractivity contribution in [1.82, 2.24) is 9.78 Å². The third-order valence-corrected chi connectivity index (χ3v) is 1.83. The van der Waals surface area contributed by atoms with Gasteiger partial charge in [-0.3, -0.25) is 4.79 Å². The average Bonchev–Trinajstić information content (AvgIpc) is 2.29. The van der Waals surface area contributed by atoms with Crippen molar-refractivity contribution in [3.8, 4) is 5.75 Å². The molecule has 0 amide bonds. The summed E-state index contributed by atoms with van der Waals surface area (Å²) in [5.74, 6) is 0.338. The summed E-state index contributed by atoms with van der Waals surface area (Å²) in [4.78, 5) is 11.5. The highest BCUT2D eigenvalue weighted by Crippen LogP contribution is 2.02. The number of nitrogens with two attached hydrogens (primary N) is 1. The number of aliphatic hydroxyl groups is 2. The third-order valence-electron chi connectivity index (χ3n) is 1.83. The number of nitrogens with zero attached hydrogens (tertiary/aromatic N) is 2. The van der Waals surface area contributed by atoms with Crippen LogP contribution in [0.4, 0.5) is 0 Å². The maximum Gasteiger partial charge on any atom is 0.270 e. The predicted molar refractivity (Wildman–Crippen MR) is 56.1 cm³/mol. The van der Waals surface area contributed by atoms with Gasteiger partial charge in [-0.05, 0) is 0 Å². The molecule has 90 valence electrons. The van der Waals surface area contributed by atoms with Gasteiger partial charge in [0.25, 0.3) is 5.56 Å². The molecule has 1 aromatic rings. The van der Waals surface area contributed by atoms with Crippen molar-refractivity contribution in [1.29, 1.82) is 0 Å². The van der Waals surface area contributed by atoms with Gasteiger partial charge in [0, 0.05) is 12.6 Å². The van der Waals surface area contributed by atoms with Gasteiger partial charge < -0.3 is 20.7 Å². The monoisotopic (exact) mass is 229 g/mol. The molecule has 4 N–H and O–H groups in total. The molecule has 0 saturated heterocycles. The Morgan fingerprint density at radius 2 is 2.38 bits per heavy atom. The van der Waals surface area contributed by atoms with Crippen LogP contribution in [0.1, 0.15) is 0 Å². The smallest absolute Gasteiger partial charge is 0.270 e. The molecule has 1 unspecified atom stereocenters. The zero-order valence-corrected chi connectivity index (χ0v) is 8.74. The van der Waals surface area contributed by atoms with Crippen LogP contribution in [-0.2, 0) is 6.54 Å². The summed E-state index contributed by atoms with van der Waals surface area (Å²) in [6, 6.07) is 1.26. The molecule has 1 atom stereocenters. The highest BCUT2D eigenvalue weighted by molar-refractivity contribution is 5.13.